The van der Waals surface area contributed by atoms with Crippen LogP contribution in [0.5, 0.6) is 0 Å². The van der Waals surface area contributed by atoms with Crippen molar-refractivity contribution in [2.45, 2.75) is 37.6 Å². The van der Waals surface area contributed by atoms with E-state index < -0.39 is 5.91 Å². The van der Waals surface area contributed by atoms with Gasteiger partial charge < -0.3 is 0 Å². The molecule has 2 aromatic carbocycles. The highest BCUT2D eigenvalue weighted by Gasteiger charge is 2.18. The van der Waals surface area contributed by atoms with E-state index in [9.17, 15) is 4.79 Å². The first kappa shape index (κ1) is 17.0. The molecule has 0 bridgehead atoms. The van der Waals surface area contributed by atoms with Gasteiger partial charge in [-0.05, 0) is 65.2 Å². The van der Waals surface area contributed by atoms with E-state index in [1.807, 2.05) is 12.1 Å². The predicted octanol–water partition coefficient (Wildman–Crippen LogP) is 3.99. The van der Waals surface area contributed by atoms with Crippen LogP contribution >= 0.6 is 11.9 Å². The van der Waals surface area contributed by atoms with E-state index in [1.165, 1.54) is 21.6 Å². The zero-order chi connectivity index (χ0) is 17.1. The maximum Gasteiger partial charge on any atom is 0.274 e. The summed E-state index contributed by atoms with van der Waals surface area (Å²) in [5.41, 5.74) is 5.97. The maximum atomic E-state index is 11.5. The Morgan fingerprint density at radius 2 is 1.92 bits per heavy atom. The Labute approximate surface area is 147 Å². The topological polar surface area (TPSA) is 52.6 Å². The number of carbonyl (C=O) groups excluding carboxylic acids is 1. The Balaban J connectivity index is 1.68. The highest BCUT2D eigenvalue weighted by Crippen LogP contribution is 2.30. The summed E-state index contributed by atoms with van der Waals surface area (Å²) in [4.78, 5) is 12.8. The molecule has 0 spiro atoms. The molecule has 3 rings (SSSR count). The quantitative estimate of drug-likeness (QED) is 0.501. The van der Waals surface area contributed by atoms with Gasteiger partial charge in [0.2, 0.25) is 0 Å². The van der Waals surface area contributed by atoms with Crippen LogP contribution in [-0.4, -0.2) is 22.0 Å². The molecule has 0 saturated heterocycles. The molecule has 1 amide bonds. The first-order valence-electron chi connectivity index (χ1n) is 8.16. The minimum absolute atomic E-state index is 0.458. The molecule has 2 N–H and O–H groups in total. The standard InChI is InChI=1S/C19H22N2O2S/c1-13(2)14-5-7-18(8-6-14)24-21-10-9-15-11-16(19(22)20-23)3-4-17(15)12-21/h3-8,11,13,23H,9-10,12H2,1-2H3,(H,20,22). The summed E-state index contributed by atoms with van der Waals surface area (Å²) in [5.74, 6) is 0.0936. The van der Waals surface area contributed by atoms with Crippen molar-refractivity contribution in [2.75, 3.05) is 6.54 Å². The number of nitrogens with zero attached hydrogens (tertiary/aromatic N) is 1. The van der Waals surface area contributed by atoms with Crippen molar-refractivity contribution in [1.29, 1.82) is 0 Å². The van der Waals surface area contributed by atoms with Gasteiger partial charge in [0.15, 0.2) is 0 Å². The first-order chi connectivity index (χ1) is 11.6. The van der Waals surface area contributed by atoms with Crippen molar-refractivity contribution in [3.63, 3.8) is 0 Å². The molecule has 24 heavy (non-hydrogen) atoms. The summed E-state index contributed by atoms with van der Waals surface area (Å²) in [5, 5.41) is 8.74. The van der Waals surface area contributed by atoms with Crippen LogP contribution in [0.3, 0.4) is 0 Å². The van der Waals surface area contributed by atoms with Gasteiger partial charge in [0.25, 0.3) is 5.91 Å². The molecule has 0 unspecified atom stereocenters. The Hall–Kier alpha value is -1.82. The molecule has 1 aliphatic rings. The van der Waals surface area contributed by atoms with E-state index in [4.69, 9.17) is 5.21 Å². The minimum atomic E-state index is -0.458. The molecule has 126 valence electrons. The molecule has 0 fully saturated rings. The Morgan fingerprint density at radius 1 is 1.17 bits per heavy atom. The Morgan fingerprint density at radius 3 is 2.58 bits per heavy atom. The molecule has 1 heterocycles. The number of amides is 1. The molecule has 0 aliphatic carbocycles. The number of rotatable bonds is 4. The normalized spacial score (nSPS) is 14.5. The van der Waals surface area contributed by atoms with Crippen molar-refractivity contribution in [2.24, 2.45) is 0 Å². The molecule has 0 aromatic heterocycles. The summed E-state index contributed by atoms with van der Waals surface area (Å²) < 4.78 is 2.35. The van der Waals surface area contributed by atoms with Gasteiger partial charge in [-0.25, -0.2) is 9.79 Å². The smallest absolute Gasteiger partial charge is 0.274 e. The van der Waals surface area contributed by atoms with Gasteiger partial charge in [0, 0.05) is 23.5 Å². The molecule has 4 nitrogen and oxygen atoms in total. The van der Waals surface area contributed by atoms with Crippen molar-refractivity contribution < 1.29 is 10.0 Å². The highest BCUT2D eigenvalue weighted by atomic mass is 32.2. The lowest BCUT2D eigenvalue weighted by Crippen LogP contribution is -2.25. The van der Waals surface area contributed by atoms with Crippen LogP contribution in [0.2, 0.25) is 0 Å². The summed E-state index contributed by atoms with van der Waals surface area (Å²) in [6.07, 6.45) is 0.902. The molecule has 0 saturated carbocycles. The van der Waals surface area contributed by atoms with Crippen LogP contribution in [0.15, 0.2) is 47.4 Å². The van der Waals surface area contributed by atoms with E-state index in [1.54, 1.807) is 23.5 Å². The lowest BCUT2D eigenvalue weighted by molar-refractivity contribution is 0.0706. The molecule has 0 atom stereocenters. The first-order valence-corrected chi connectivity index (χ1v) is 8.93. The maximum absolute atomic E-state index is 11.5. The fraction of sp³-hybridized carbons (Fsp3) is 0.316. The van der Waals surface area contributed by atoms with E-state index in [-0.39, 0.29) is 0 Å². The molecule has 5 heteroatoms. The van der Waals surface area contributed by atoms with Crippen LogP contribution in [-0.2, 0) is 13.0 Å². The van der Waals surface area contributed by atoms with Crippen molar-refractivity contribution in [3.8, 4) is 0 Å². The molecular weight excluding hydrogens is 320 g/mol. The lowest BCUT2D eigenvalue weighted by Gasteiger charge is -2.28. The van der Waals surface area contributed by atoms with Crippen molar-refractivity contribution >= 4 is 17.9 Å². The Kier molecular flexibility index (Phi) is 5.23. The number of hydroxylamine groups is 1. The summed E-state index contributed by atoms with van der Waals surface area (Å²) in [7, 11) is 0. The van der Waals surface area contributed by atoms with Gasteiger partial charge in [-0.2, -0.15) is 0 Å². The van der Waals surface area contributed by atoms with Gasteiger partial charge in [0.05, 0.1) is 0 Å². The summed E-state index contributed by atoms with van der Waals surface area (Å²) in [6, 6.07) is 14.4. The molecular formula is C19H22N2O2S. The van der Waals surface area contributed by atoms with Crippen LogP contribution in [0.1, 0.15) is 46.8 Å². The number of benzene rings is 2. The summed E-state index contributed by atoms with van der Waals surface area (Å²) in [6.45, 7) is 6.20. The minimum Gasteiger partial charge on any atom is -0.288 e. The summed E-state index contributed by atoms with van der Waals surface area (Å²) >= 11 is 1.78. The lowest BCUT2D eigenvalue weighted by atomic mass is 9.98. The number of fused-ring (bicyclic) bond motifs is 1. The zero-order valence-electron chi connectivity index (χ0n) is 14.0. The van der Waals surface area contributed by atoms with Gasteiger partial charge in [-0.1, -0.05) is 32.0 Å². The third-order valence-corrected chi connectivity index (χ3v) is 5.38. The third-order valence-electron chi connectivity index (χ3n) is 4.33. The largest absolute Gasteiger partial charge is 0.288 e. The Bertz CT molecular complexity index is 729. The van der Waals surface area contributed by atoms with E-state index in [0.29, 0.717) is 11.5 Å². The van der Waals surface area contributed by atoms with Crippen LogP contribution in [0, 0.1) is 0 Å². The second-order valence-corrected chi connectivity index (χ2v) is 7.52. The number of carbonyl (C=O) groups is 1. The monoisotopic (exact) mass is 342 g/mol. The predicted molar refractivity (Wildman–Crippen MR) is 96.2 cm³/mol. The molecule has 1 aliphatic heterocycles. The van der Waals surface area contributed by atoms with Crippen LogP contribution in [0.25, 0.3) is 0 Å². The fourth-order valence-corrected chi connectivity index (χ4v) is 3.82. The average Bonchev–Trinajstić information content (AvgIpc) is 2.61. The van der Waals surface area contributed by atoms with Gasteiger partial charge in [-0.3, -0.25) is 10.0 Å². The van der Waals surface area contributed by atoms with Gasteiger partial charge in [0.1, 0.15) is 0 Å². The van der Waals surface area contributed by atoms with E-state index in [2.05, 4.69) is 42.4 Å². The zero-order valence-corrected chi connectivity index (χ0v) is 14.8. The van der Waals surface area contributed by atoms with E-state index >= 15 is 0 Å². The number of hydrogen-bond acceptors (Lipinski definition) is 4. The van der Waals surface area contributed by atoms with Crippen LogP contribution < -0.4 is 5.48 Å². The van der Waals surface area contributed by atoms with Gasteiger partial charge >= 0.3 is 0 Å². The second kappa shape index (κ2) is 7.38. The number of hydrogen-bond donors (Lipinski definition) is 2. The van der Waals surface area contributed by atoms with E-state index in [0.717, 1.165) is 19.5 Å². The third kappa shape index (κ3) is 3.80. The molecule has 0 radical (unpaired) electrons. The fourth-order valence-electron chi connectivity index (χ4n) is 2.87. The SMILES string of the molecule is CC(C)c1ccc(SN2CCc3cc(C(=O)NO)ccc3C2)cc1. The van der Waals surface area contributed by atoms with Crippen molar-refractivity contribution in [3.05, 3.63) is 64.7 Å². The van der Waals surface area contributed by atoms with Crippen molar-refractivity contribution in [1.82, 2.24) is 9.79 Å². The van der Waals surface area contributed by atoms with Gasteiger partial charge in [-0.15, -0.1) is 0 Å². The highest BCUT2D eigenvalue weighted by molar-refractivity contribution is 7.97. The number of nitrogens with one attached hydrogen (secondary N) is 1. The average molecular weight is 342 g/mol. The molecule has 2 aromatic rings. The second-order valence-electron chi connectivity index (χ2n) is 6.35. The van der Waals surface area contributed by atoms with Crippen LogP contribution in [0.4, 0.5) is 0 Å².